The average molecular weight is 352 g/mol. The van der Waals surface area contributed by atoms with Crippen LogP contribution in [0.2, 0.25) is 0 Å². The minimum Gasteiger partial charge on any atom is -0.335 e. The number of hydrogen-bond donors (Lipinski definition) is 2. The van der Waals surface area contributed by atoms with Crippen LogP contribution in [0.5, 0.6) is 0 Å². The van der Waals surface area contributed by atoms with Crippen LogP contribution in [0.15, 0.2) is 36.4 Å². The fourth-order valence-corrected chi connectivity index (χ4v) is 2.78. The van der Waals surface area contributed by atoms with Crippen LogP contribution in [-0.4, -0.2) is 23.8 Å². The van der Waals surface area contributed by atoms with E-state index in [0.29, 0.717) is 11.4 Å². The van der Waals surface area contributed by atoms with Gasteiger partial charge in [0.05, 0.1) is 5.56 Å². The normalized spacial score (nSPS) is 16.7. The van der Waals surface area contributed by atoms with E-state index in [4.69, 9.17) is 0 Å². The number of aromatic nitrogens is 1. The molecule has 1 aliphatic heterocycles. The third-order valence-electron chi connectivity index (χ3n) is 4.41. The molecule has 0 bridgehead atoms. The van der Waals surface area contributed by atoms with Crippen LogP contribution >= 0.6 is 0 Å². The highest BCUT2D eigenvalue weighted by atomic mass is 16.2. The number of benzene rings is 1. The summed E-state index contributed by atoms with van der Waals surface area (Å²) in [5, 5.41) is 5.91. The van der Waals surface area contributed by atoms with Crippen molar-refractivity contribution in [3.63, 3.8) is 0 Å². The summed E-state index contributed by atoms with van der Waals surface area (Å²) < 4.78 is 0. The lowest BCUT2D eigenvalue weighted by Crippen LogP contribution is -2.45. The largest absolute Gasteiger partial charge is 0.335 e. The van der Waals surface area contributed by atoms with E-state index in [0.717, 1.165) is 16.9 Å². The molecule has 6 nitrogen and oxygen atoms in total. The van der Waals surface area contributed by atoms with E-state index in [1.807, 2.05) is 70.0 Å². The van der Waals surface area contributed by atoms with Crippen molar-refractivity contribution in [2.45, 2.75) is 33.9 Å². The molecule has 6 heteroatoms. The number of fused-ring (bicyclic) bond motifs is 1. The highest BCUT2D eigenvalue weighted by molar-refractivity contribution is 6.01. The van der Waals surface area contributed by atoms with Gasteiger partial charge in [0.25, 0.3) is 5.91 Å². The number of nitrogens with one attached hydrogen (secondary N) is 2. The predicted octanol–water partition coefficient (Wildman–Crippen LogP) is 3.25. The maximum Gasteiger partial charge on any atom is 0.256 e. The molecular weight excluding hydrogens is 328 g/mol. The Labute approximate surface area is 153 Å². The van der Waals surface area contributed by atoms with Crippen LogP contribution < -0.4 is 15.5 Å². The fourth-order valence-electron chi connectivity index (χ4n) is 2.78. The zero-order chi connectivity index (χ0) is 19.1. The Bertz CT molecular complexity index is 853. The Balaban J connectivity index is 1.84. The highest BCUT2D eigenvalue weighted by Crippen LogP contribution is 2.31. The summed E-state index contributed by atoms with van der Waals surface area (Å²) in [5.41, 5.74) is 2.63. The van der Waals surface area contributed by atoms with Gasteiger partial charge in [-0.15, -0.1) is 0 Å². The van der Waals surface area contributed by atoms with Crippen LogP contribution in [0.25, 0.3) is 0 Å². The molecule has 0 unspecified atom stereocenters. The van der Waals surface area contributed by atoms with Crippen LogP contribution in [-0.2, 0) is 4.79 Å². The number of carbonyl (C=O) groups is 2. The van der Waals surface area contributed by atoms with Crippen molar-refractivity contribution in [1.29, 1.82) is 0 Å². The van der Waals surface area contributed by atoms with Gasteiger partial charge in [0, 0.05) is 23.8 Å². The lowest BCUT2D eigenvalue weighted by atomic mass is 9.95. The standard InChI is InChI=1S/C20H24N4O2/c1-12-6-11-15-17(21-12)24(5)16(23-18(15)25)13-7-9-14(10-8-13)22-19(26)20(2,3)4/h6-11,16H,1-5H3,(H,22,26)(H,23,25)/t16-/m1/s1. The van der Waals surface area contributed by atoms with Crippen molar-refractivity contribution < 1.29 is 9.59 Å². The molecule has 136 valence electrons. The number of amides is 2. The Morgan fingerprint density at radius 2 is 1.81 bits per heavy atom. The quantitative estimate of drug-likeness (QED) is 0.870. The second kappa shape index (κ2) is 6.44. The van der Waals surface area contributed by atoms with E-state index in [1.54, 1.807) is 6.07 Å². The molecule has 0 aliphatic carbocycles. The summed E-state index contributed by atoms with van der Waals surface area (Å²) >= 11 is 0. The molecule has 1 aliphatic rings. The topological polar surface area (TPSA) is 74.3 Å². The second-order valence-corrected chi connectivity index (χ2v) is 7.64. The van der Waals surface area contributed by atoms with E-state index in [9.17, 15) is 9.59 Å². The van der Waals surface area contributed by atoms with Gasteiger partial charge in [0.15, 0.2) is 0 Å². The predicted molar refractivity (Wildman–Crippen MR) is 102 cm³/mol. The van der Waals surface area contributed by atoms with E-state index < -0.39 is 5.41 Å². The SMILES string of the molecule is Cc1ccc2c(n1)N(C)[C@H](c1ccc(NC(=O)C(C)(C)C)cc1)NC2=O. The fraction of sp³-hybridized carbons (Fsp3) is 0.350. The smallest absolute Gasteiger partial charge is 0.256 e. The Morgan fingerprint density at radius 1 is 1.15 bits per heavy atom. The number of hydrogen-bond acceptors (Lipinski definition) is 4. The molecule has 3 rings (SSSR count). The summed E-state index contributed by atoms with van der Waals surface area (Å²) in [6, 6.07) is 11.1. The van der Waals surface area contributed by atoms with Gasteiger partial charge >= 0.3 is 0 Å². The lowest BCUT2D eigenvalue weighted by molar-refractivity contribution is -0.123. The van der Waals surface area contributed by atoms with Gasteiger partial charge in [0.2, 0.25) is 5.91 Å². The molecule has 1 aromatic carbocycles. The molecule has 2 heterocycles. The Kier molecular flexibility index (Phi) is 4.44. The number of anilines is 2. The van der Waals surface area contributed by atoms with Crippen LogP contribution in [0.4, 0.5) is 11.5 Å². The number of rotatable bonds is 2. The summed E-state index contributed by atoms with van der Waals surface area (Å²) in [5.74, 6) is 0.492. The summed E-state index contributed by atoms with van der Waals surface area (Å²) in [4.78, 5) is 31.0. The van der Waals surface area contributed by atoms with E-state index in [1.165, 1.54) is 0 Å². The molecule has 2 N–H and O–H groups in total. The average Bonchev–Trinajstić information content (AvgIpc) is 2.58. The van der Waals surface area contributed by atoms with Crippen LogP contribution in [0.3, 0.4) is 0 Å². The highest BCUT2D eigenvalue weighted by Gasteiger charge is 2.30. The van der Waals surface area contributed by atoms with E-state index in [2.05, 4.69) is 15.6 Å². The number of pyridine rings is 1. The maximum atomic E-state index is 12.4. The molecule has 1 aromatic heterocycles. The minimum absolute atomic E-state index is 0.0399. The number of nitrogens with zero attached hydrogens (tertiary/aromatic N) is 2. The summed E-state index contributed by atoms with van der Waals surface area (Å²) in [7, 11) is 1.91. The van der Waals surface area contributed by atoms with Gasteiger partial charge in [-0.2, -0.15) is 0 Å². The van der Waals surface area contributed by atoms with Gasteiger partial charge in [0.1, 0.15) is 12.0 Å². The third kappa shape index (κ3) is 3.40. The molecule has 26 heavy (non-hydrogen) atoms. The van der Waals surface area contributed by atoms with E-state index >= 15 is 0 Å². The molecule has 0 fully saturated rings. The van der Waals surface area contributed by atoms with Crippen molar-refractivity contribution in [2.24, 2.45) is 5.41 Å². The van der Waals surface area contributed by atoms with Crippen LogP contribution in [0.1, 0.15) is 48.6 Å². The minimum atomic E-state index is -0.455. The number of carbonyl (C=O) groups excluding carboxylic acids is 2. The first-order valence-corrected chi connectivity index (χ1v) is 8.59. The number of aryl methyl sites for hydroxylation is 1. The van der Waals surface area contributed by atoms with Gasteiger partial charge in [-0.3, -0.25) is 9.59 Å². The van der Waals surface area contributed by atoms with Crippen LogP contribution in [0, 0.1) is 12.3 Å². The molecule has 0 spiro atoms. The summed E-state index contributed by atoms with van der Waals surface area (Å²) in [6.07, 6.45) is -0.309. The van der Waals surface area contributed by atoms with Gasteiger partial charge in [-0.1, -0.05) is 32.9 Å². The van der Waals surface area contributed by atoms with Crippen molar-refractivity contribution in [1.82, 2.24) is 10.3 Å². The van der Waals surface area contributed by atoms with Gasteiger partial charge in [-0.05, 0) is 36.8 Å². The van der Waals surface area contributed by atoms with Crippen molar-refractivity contribution in [3.8, 4) is 0 Å². The van der Waals surface area contributed by atoms with Gasteiger partial charge < -0.3 is 15.5 Å². The molecule has 0 saturated carbocycles. The molecule has 2 aromatic rings. The third-order valence-corrected chi connectivity index (χ3v) is 4.41. The Hall–Kier alpha value is -2.89. The first-order valence-electron chi connectivity index (χ1n) is 8.59. The molecular formula is C20H24N4O2. The summed E-state index contributed by atoms with van der Waals surface area (Å²) in [6.45, 7) is 7.52. The first kappa shape index (κ1) is 17.9. The van der Waals surface area contributed by atoms with Crippen molar-refractivity contribution in [3.05, 3.63) is 53.2 Å². The first-order chi connectivity index (χ1) is 12.2. The molecule has 0 saturated heterocycles. The molecule has 2 amide bonds. The Morgan fingerprint density at radius 3 is 2.42 bits per heavy atom. The zero-order valence-electron chi connectivity index (χ0n) is 15.8. The lowest BCUT2D eigenvalue weighted by Gasteiger charge is -2.35. The van der Waals surface area contributed by atoms with E-state index in [-0.39, 0.29) is 18.0 Å². The maximum absolute atomic E-state index is 12.4. The monoisotopic (exact) mass is 352 g/mol. The second-order valence-electron chi connectivity index (χ2n) is 7.64. The van der Waals surface area contributed by atoms with Gasteiger partial charge in [-0.25, -0.2) is 4.98 Å². The van der Waals surface area contributed by atoms with Crippen molar-refractivity contribution >= 4 is 23.3 Å². The van der Waals surface area contributed by atoms with Crippen molar-refractivity contribution in [2.75, 3.05) is 17.3 Å². The zero-order valence-corrected chi connectivity index (χ0v) is 15.8. The molecule has 0 radical (unpaired) electrons. The molecule has 1 atom stereocenters.